The van der Waals surface area contributed by atoms with Crippen LogP contribution in [-0.4, -0.2) is 29.8 Å². The first-order valence-corrected chi connectivity index (χ1v) is 7.51. The van der Waals surface area contributed by atoms with Crippen molar-refractivity contribution in [3.63, 3.8) is 0 Å². The first-order chi connectivity index (χ1) is 9.02. The Labute approximate surface area is 124 Å². The summed E-state index contributed by atoms with van der Waals surface area (Å²) in [6.45, 7) is 5.94. The molecule has 1 unspecified atom stereocenters. The van der Waals surface area contributed by atoms with Crippen LogP contribution in [0, 0.1) is 5.92 Å². The standard InChI is InChI=1S/C15H19Cl2NO/c1-3-18(9-11-4-5-11)10(2)15(19)13-7-6-12(16)8-14(13)17/h6-8,10-11H,3-5,9H2,1-2H3. The number of hydrogen-bond donors (Lipinski definition) is 0. The van der Waals surface area contributed by atoms with E-state index >= 15 is 0 Å². The molecule has 4 heteroatoms. The highest BCUT2D eigenvalue weighted by Gasteiger charge is 2.29. The van der Waals surface area contributed by atoms with Crippen molar-refractivity contribution in [3.05, 3.63) is 33.8 Å². The van der Waals surface area contributed by atoms with Gasteiger partial charge < -0.3 is 0 Å². The summed E-state index contributed by atoms with van der Waals surface area (Å²) in [7, 11) is 0. The first kappa shape index (κ1) is 14.8. The van der Waals surface area contributed by atoms with Crippen molar-refractivity contribution < 1.29 is 4.79 Å². The number of rotatable bonds is 6. The largest absolute Gasteiger partial charge is 0.294 e. The lowest BCUT2D eigenvalue weighted by Gasteiger charge is -2.27. The Bertz CT molecular complexity index is 471. The maximum Gasteiger partial charge on any atom is 0.181 e. The molecule has 2 nitrogen and oxygen atoms in total. The third-order valence-corrected chi connectivity index (χ3v) is 4.27. The van der Waals surface area contributed by atoms with Crippen LogP contribution in [0.5, 0.6) is 0 Å². The number of carbonyl (C=O) groups excluding carboxylic acids is 1. The van der Waals surface area contributed by atoms with E-state index in [1.807, 2.05) is 6.92 Å². The average Bonchev–Trinajstić information content (AvgIpc) is 3.18. The summed E-state index contributed by atoms with van der Waals surface area (Å²) in [4.78, 5) is 14.7. The molecule has 0 radical (unpaired) electrons. The quantitative estimate of drug-likeness (QED) is 0.730. The summed E-state index contributed by atoms with van der Waals surface area (Å²) in [5.74, 6) is 0.847. The Balaban J connectivity index is 2.12. The van der Waals surface area contributed by atoms with Gasteiger partial charge in [0.15, 0.2) is 5.78 Å². The summed E-state index contributed by atoms with van der Waals surface area (Å²) in [6, 6.07) is 4.92. The fourth-order valence-electron chi connectivity index (χ4n) is 2.27. The minimum absolute atomic E-state index is 0.0733. The minimum Gasteiger partial charge on any atom is -0.294 e. The molecule has 1 aliphatic rings. The van der Waals surface area contributed by atoms with Gasteiger partial charge in [0.25, 0.3) is 0 Å². The third-order valence-electron chi connectivity index (χ3n) is 3.72. The van der Waals surface area contributed by atoms with Crippen LogP contribution < -0.4 is 0 Å². The van der Waals surface area contributed by atoms with E-state index < -0.39 is 0 Å². The van der Waals surface area contributed by atoms with Crippen LogP contribution in [0.1, 0.15) is 37.0 Å². The number of hydrogen-bond acceptors (Lipinski definition) is 2. The molecule has 1 fully saturated rings. The number of carbonyl (C=O) groups is 1. The molecule has 0 bridgehead atoms. The van der Waals surface area contributed by atoms with Crippen LogP contribution in [0.15, 0.2) is 18.2 Å². The van der Waals surface area contributed by atoms with Crippen molar-refractivity contribution in [2.75, 3.05) is 13.1 Å². The second-order valence-electron chi connectivity index (χ2n) is 5.20. The molecule has 1 aromatic rings. The smallest absolute Gasteiger partial charge is 0.181 e. The van der Waals surface area contributed by atoms with Gasteiger partial charge in [-0.25, -0.2) is 0 Å². The lowest BCUT2D eigenvalue weighted by Crippen LogP contribution is -2.40. The number of nitrogens with zero attached hydrogens (tertiary/aromatic N) is 1. The van der Waals surface area contributed by atoms with Crippen molar-refractivity contribution in [2.24, 2.45) is 5.92 Å². The molecule has 0 saturated heterocycles. The molecule has 0 heterocycles. The van der Waals surface area contributed by atoms with Crippen LogP contribution in [0.3, 0.4) is 0 Å². The van der Waals surface area contributed by atoms with Gasteiger partial charge in [-0.2, -0.15) is 0 Å². The van der Waals surface area contributed by atoms with E-state index in [1.165, 1.54) is 12.8 Å². The zero-order chi connectivity index (χ0) is 14.0. The highest BCUT2D eigenvalue weighted by atomic mass is 35.5. The normalized spacial score (nSPS) is 16.7. The minimum atomic E-state index is -0.135. The molecule has 2 rings (SSSR count). The van der Waals surface area contributed by atoms with E-state index in [0.717, 1.165) is 19.0 Å². The van der Waals surface area contributed by atoms with Crippen LogP contribution in [0.25, 0.3) is 0 Å². The zero-order valence-electron chi connectivity index (χ0n) is 11.3. The van der Waals surface area contributed by atoms with E-state index in [-0.39, 0.29) is 11.8 Å². The molecular weight excluding hydrogens is 281 g/mol. The predicted octanol–water partition coefficient (Wildman–Crippen LogP) is 4.30. The Morgan fingerprint density at radius 3 is 2.63 bits per heavy atom. The molecule has 0 N–H and O–H groups in total. The molecule has 1 aliphatic carbocycles. The Hall–Kier alpha value is -0.570. The SMILES string of the molecule is CCN(CC1CC1)C(C)C(=O)c1ccc(Cl)cc1Cl. The highest BCUT2D eigenvalue weighted by Crippen LogP contribution is 2.31. The lowest BCUT2D eigenvalue weighted by molar-refractivity contribution is 0.0839. The molecule has 1 aromatic carbocycles. The molecule has 0 spiro atoms. The Morgan fingerprint density at radius 2 is 2.11 bits per heavy atom. The zero-order valence-corrected chi connectivity index (χ0v) is 12.8. The molecule has 1 saturated carbocycles. The van der Waals surface area contributed by atoms with E-state index in [9.17, 15) is 4.79 Å². The van der Waals surface area contributed by atoms with Crippen LogP contribution >= 0.6 is 23.2 Å². The average molecular weight is 300 g/mol. The van der Waals surface area contributed by atoms with Gasteiger partial charge in [-0.3, -0.25) is 9.69 Å². The monoisotopic (exact) mass is 299 g/mol. The van der Waals surface area contributed by atoms with Crippen molar-refractivity contribution in [2.45, 2.75) is 32.7 Å². The molecule has 0 aromatic heterocycles. The van der Waals surface area contributed by atoms with Crippen LogP contribution in [0.2, 0.25) is 10.0 Å². The Kier molecular flexibility index (Phi) is 4.88. The topological polar surface area (TPSA) is 20.3 Å². The predicted molar refractivity (Wildman–Crippen MR) is 80.2 cm³/mol. The van der Waals surface area contributed by atoms with E-state index in [1.54, 1.807) is 18.2 Å². The van der Waals surface area contributed by atoms with Gasteiger partial charge in [-0.05, 0) is 50.4 Å². The molecule has 0 aliphatic heterocycles. The summed E-state index contributed by atoms with van der Waals surface area (Å²) >= 11 is 12.0. The fraction of sp³-hybridized carbons (Fsp3) is 0.533. The maximum atomic E-state index is 12.5. The van der Waals surface area contributed by atoms with Crippen LogP contribution in [0.4, 0.5) is 0 Å². The van der Waals surface area contributed by atoms with E-state index in [2.05, 4.69) is 11.8 Å². The van der Waals surface area contributed by atoms with Crippen LogP contribution in [-0.2, 0) is 0 Å². The number of likely N-dealkylation sites (N-methyl/N-ethyl adjacent to an activating group) is 1. The van der Waals surface area contributed by atoms with Gasteiger partial charge in [0, 0.05) is 17.1 Å². The summed E-state index contributed by atoms with van der Waals surface area (Å²) < 4.78 is 0. The lowest BCUT2D eigenvalue weighted by atomic mass is 10.0. The van der Waals surface area contributed by atoms with E-state index in [4.69, 9.17) is 23.2 Å². The maximum absolute atomic E-state index is 12.5. The second-order valence-corrected chi connectivity index (χ2v) is 6.04. The molecule has 1 atom stereocenters. The number of Topliss-reactive ketones (excluding diaryl/α,β-unsaturated/α-hetero) is 1. The fourth-order valence-corrected chi connectivity index (χ4v) is 2.77. The van der Waals surface area contributed by atoms with Gasteiger partial charge in [0.05, 0.1) is 11.1 Å². The molecule has 104 valence electrons. The van der Waals surface area contributed by atoms with Gasteiger partial charge in [0.1, 0.15) is 0 Å². The highest BCUT2D eigenvalue weighted by molar-refractivity contribution is 6.37. The molecular formula is C15H19Cl2NO. The van der Waals surface area contributed by atoms with Crippen molar-refractivity contribution in [1.29, 1.82) is 0 Å². The number of ketones is 1. The van der Waals surface area contributed by atoms with E-state index in [0.29, 0.717) is 15.6 Å². The van der Waals surface area contributed by atoms with Crippen molar-refractivity contribution >= 4 is 29.0 Å². The Morgan fingerprint density at radius 1 is 1.42 bits per heavy atom. The van der Waals surface area contributed by atoms with Gasteiger partial charge in [-0.15, -0.1) is 0 Å². The van der Waals surface area contributed by atoms with Crippen molar-refractivity contribution in [3.8, 4) is 0 Å². The van der Waals surface area contributed by atoms with Gasteiger partial charge in [0.2, 0.25) is 0 Å². The van der Waals surface area contributed by atoms with Crippen molar-refractivity contribution in [1.82, 2.24) is 4.90 Å². The summed E-state index contributed by atoms with van der Waals surface area (Å²) in [5.41, 5.74) is 0.563. The summed E-state index contributed by atoms with van der Waals surface area (Å²) in [5, 5.41) is 0.992. The third kappa shape index (κ3) is 3.71. The first-order valence-electron chi connectivity index (χ1n) is 6.76. The number of halogens is 2. The van der Waals surface area contributed by atoms with Gasteiger partial charge >= 0.3 is 0 Å². The number of benzene rings is 1. The molecule has 0 amide bonds. The van der Waals surface area contributed by atoms with Gasteiger partial charge in [-0.1, -0.05) is 30.1 Å². The molecule has 19 heavy (non-hydrogen) atoms. The summed E-state index contributed by atoms with van der Waals surface area (Å²) in [6.07, 6.45) is 2.58. The second kappa shape index (κ2) is 6.25.